The molecule has 0 unspecified atom stereocenters. The zero-order chi connectivity index (χ0) is 16.4. The zero-order valence-corrected chi connectivity index (χ0v) is 13.2. The van der Waals surface area contributed by atoms with Crippen LogP contribution in [-0.4, -0.2) is 27.9 Å². The molecule has 0 fully saturated rings. The summed E-state index contributed by atoms with van der Waals surface area (Å²) in [7, 11) is 0. The smallest absolute Gasteiger partial charge is 0.343 e. The van der Waals surface area contributed by atoms with Crippen LogP contribution in [0.3, 0.4) is 0 Å². The van der Waals surface area contributed by atoms with Crippen LogP contribution in [0.2, 0.25) is 0 Å². The highest BCUT2D eigenvalue weighted by Crippen LogP contribution is 2.35. The first kappa shape index (κ1) is 18.1. The molecule has 5 heteroatoms. The Morgan fingerprint density at radius 1 is 1.00 bits per heavy atom. The Balaban J connectivity index is 2.31. The Morgan fingerprint density at radius 3 is 2.18 bits per heavy atom. The van der Waals surface area contributed by atoms with Crippen LogP contribution >= 0.6 is 0 Å². The van der Waals surface area contributed by atoms with Crippen molar-refractivity contribution in [3.63, 3.8) is 0 Å². The van der Waals surface area contributed by atoms with Gasteiger partial charge in [-0.2, -0.15) is 0 Å². The average molecular weight is 310 g/mol. The summed E-state index contributed by atoms with van der Waals surface area (Å²) in [6.07, 6.45) is 9.36. The minimum Gasteiger partial charge on any atom is -0.504 e. The standard InChI is InChI=1S/C17H26O5/c1-2-3-4-5-6-7-8-9-12-22-14-11-10-13(18)16(19)15(14)17(20)21/h10-11,18-19H,2-9,12H2,1H3,(H,20,21). The normalized spacial score (nSPS) is 10.6. The van der Waals surface area contributed by atoms with E-state index in [2.05, 4.69) is 6.92 Å². The number of unbranched alkanes of at least 4 members (excludes halogenated alkanes) is 7. The summed E-state index contributed by atoms with van der Waals surface area (Å²) in [5.74, 6) is -2.34. The molecule has 1 aromatic rings. The summed E-state index contributed by atoms with van der Waals surface area (Å²) in [5, 5.41) is 28.0. The van der Waals surface area contributed by atoms with Gasteiger partial charge >= 0.3 is 5.97 Å². The maximum atomic E-state index is 11.1. The minimum atomic E-state index is -1.32. The number of carboxylic acid groups (broad SMARTS) is 1. The van der Waals surface area contributed by atoms with E-state index >= 15 is 0 Å². The molecule has 0 saturated heterocycles. The summed E-state index contributed by atoms with van der Waals surface area (Å²) >= 11 is 0. The number of benzene rings is 1. The summed E-state index contributed by atoms with van der Waals surface area (Å²) in [5.41, 5.74) is -0.389. The van der Waals surface area contributed by atoms with Crippen LogP contribution in [0.25, 0.3) is 0 Å². The zero-order valence-electron chi connectivity index (χ0n) is 13.2. The summed E-state index contributed by atoms with van der Waals surface area (Å²) in [4.78, 5) is 11.1. The van der Waals surface area contributed by atoms with E-state index in [0.717, 1.165) is 19.3 Å². The molecule has 0 aliphatic heterocycles. The molecule has 3 N–H and O–H groups in total. The van der Waals surface area contributed by atoms with Crippen molar-refractivity contribution < 1.29 is 24.9 Å². The number of rotatable bonds is 11. The van der Waals surface area contributed by atoms with E-state index in [1.54, 1.807) is 0 Å². The molecule has 1 rings (SSSR count). The Morgan fingerprint density at radius 2 is 1.59 bits per heavy atom. The van der Waals surface area contributed by atoms with Gasteiger partial charge in [-0.25, -0.2) is 4.79 Å². The number of phenols is 2. The van der Waals surface area contributed by atoms with Crippen molar-refractivity contribution in [1.82, 2.24) is 0 Å². The van der Waals surface area contributed by atoms with E-state index in [0.29, 0.717) is 6.61 Å². The van der Waals surface area contributed by atoms with Crippen LogP contribution in [0.4, 0.5) is 0 Å². The molecule has 5 nitrogen and oxygen atoms in total. The molecular formula is C17H26O5. The van der Waals surface area contributed by atoms with E-state index in [9.17, 15) is 15.0 Å². The van der Waals surface area contributed by atoms with E-state index in [-0.39, 0.29) is 11.3 Å². The van der Waals surface area contributed by atoms with Crippen LogP contribution in [0.1, 0.15) is 68.6 Å². The first-order chi connectivity index (χ1) is 10.6. The number of hydrogen-bond acceptors (Lipinski definition) is 4. The third-order valence-corrected chi connectivity index (χ3v) is 3.59. The number of aromatic carboxylic acids is 1. The van der Waals surface area contributed by atoms with Gasteiger partial charge < -0.3 is 20.1 Å². The topological polar surface area (TPSA) is 87.0 Å². The number of ether oxygens (including phenoxy) is 1. The molecule has 0 atom stereocenters. The van der Waals surface area contributed by atoms with Gasteiger partial charge in [0.1, 0.15) is 11.3 Å². The fraction of sp³-hybridized carbons (Fsp3) is 0.588. The first-order valence-corrected chi connectivity index (χ1v) is 7.99. The Bertz CT molecular complexity index is 470. The molecule has 0 spiro atoms. The van der Waals surface area contributed by atoms with E-state index in [1.807, 2.05) is 0 Å². The van der Waals surface area contributed by atoms with E-state index in [4.69, 9.17) is 9.84 Å². The second-order valence-corrected chi connectivity index (χ2v) is 5.43. The quantitative estimate of drug-likeness (QED) is 0.418. The number of aromatic hydroxyl groups is 2. The van der Waals surface area contributed by atoms with Gasteiger partial charge in [-0.1, -0.05) is 51.9 Å². The van der Waals surface area contributed by atoms with Crippen molar-refractivity contribution in [3.8, 4) is 17.2 Å². The van der Waals surface area contributed by atoms with Crippen molar-refractivity contribution in [2.75, 3.05) is 6.61 Å². The number of carbonyl (C=O) groups is 1. The molecule has 1 aromatic carbocycles. The van der Waals surface area contributed by atoms with Gasteiger partial charge in [0.2, 0.25) is 0 Å². The lowest BCUT2D eigenvalue weighted by Crippen LogP contribution is -2.05. The molecule has 0 bridgehead atoms. The molecule has 124 valence electrons. The molecule has 0 aliphatic rings. The van der Waals surface area contributed by atoms with Gasteiger partial charge in [-0.3, -0.25) is 0 Å². The molecule has 0 saturated carbocycles. The van der Waals surface area contributed by atoms with Gasteiger partial charge in [0, 0.05) is 0 Å². The van der Waals surface area contributed by atoms with E-state index in [1.165, 1.54) is 44.2 Å². The first-order valence-electron chi connectivity index (χ1n) is 7.99. The highest BCUT2D eigenvalue weighted by Gasteiger charge is 2.19. The fourth-order valence-electron chi connectivity index (χ4n) is 2.31. The lowest BCUT2D eigenvalue weighted by molar-refractivity contribution is 0.0688. The highest BCUT2D eigenvalue weighted by atomic mass is 16.5. The predicted octanol–water partition coefficient (Wildman–Crippen LogP) is 4.32. The Hall–Kier alpha value is -1.91. The van der Waals surface area contributed by atoms with Gasteiger partial charge in [0.05, 0.1) is 6.61 Å². The highest BCUT2D eigenvalue weighted by molar-refractivity contribution is 5.95. The Labute approximate surface area is 131 Å². The lowest BCUT2D eigenvalue weighted by atomic mass is 10.1. The summed E-state index contributed by atoms with van der Waals surface area (Å²) in [6.45, 7) is 2.60. The van der Waals surface area contributed by atoms with Gasteiger partial charge in [0.15, 0.2) is 11.5 Å². The van der Waals surface area contributed by atoms with Crippen molar-refractivity contribution >= 4 is 5.97 Å². The largest absolute Gasteiger partial charge is 0.504 e. The second-order valence-electron chi connectivity index (χ2n) is 5.43. The SMILES string of the molecule is CCCCCCCCCCOc1ccc(O)c(O)c1C(=O)O. The third-order valence-electron chi connectivity index (χ3n) is 3.59. The predicted molar refractivity (Wildman–Crippen MR) is 84.8 cm³/mol. The van der Waals surface area contributed by atoms with Gasteiger partial charge in [-0.05, 0) is 18.6 Å². The van der Waals surface area contributed by atoms with Crippen LogP contribution < -0.4 is 4.74 Å². The van der Waals surface area contributed by atoms with Crippen molar-refractivity contribution in [3.05, 3.63) is 17.7 Å². The fourth-order valence-corrected chi connectivity index (χ4v) is 2.31. The van der Waals surface area contributed by atoms with Crippen molar-refractivity contribution in [2.24, 2.45) is 0 Å². The molecular weight excluding hydrogens is 284 g/mol. The third kappa shape index (κ3) is 5.84. The monoisotopic (exact) mass is 310 g/mol. The van der Waals surface area contributed by atoms with Gasteiger partial charge in [-0.15, -0.1) is 0 Å². The maximum Gasteiger partial charge on any atom is 0.343 e. The van der Waals surface area contributed by atoms with Gasteiger partial charge in [0.25, 0.3) is 0 Å². The minimum absolute atomic E-state index is 0.0887. The number of hydrogen-bond donors (Lipinski definition) is 3. The average Bonchev–Trinajstić information content (AvgIpc) is 2.48. The molecule has 0 aromatic heterocycles. The number of carboxylic acids is 1. The van der Waals surface area contributed by atoms with Crippen LogP contribution in [-0.2, 0) is 0 Å². The summed E-state index contributed by atoms with van der Waals surface area (Å²) < 4.78 is 5.43. The van der Waals surface area contributed by atoms with Crippen LogP contribution in [0, 0.1) is 0 Å². The molecule has 0 heterocycles. The van der Waals surface area contributed by atoms with E-state index < -0.39 is 17.5 Å². The van der Waals surface area contributed by atoms with Crippen LogP contribution in [0.5, 0.6) is 17.2 Å². The lowest BCUT2D eigenvalue weighted by Gasteiger charge is -2.11. The summed E-state index contributed by atoms with van der Waals surface area (Å²) in [6, 6.07) is 2.59. The maximum absolute atomic E-state index is 11.1. The number of phenolic OH excluding ortho intramolecular Hbond substituents is 1. The molecule has 0 aliphatic carbocycles. The van der Waals surface area contributed by atoms with Crippen molar-refractivity contribution in [1.29, 1.82) is 0 Å². The molecule has 22 heavy (non-hydrogen) atoms. The van der Waals surface area contributed by atoms with Crippen molar-refractivity contribution in [2.45, 2.75) is 58.3 Å². The molecule has 0 amide bonds. The Kier molecular flexibility index (Phi) is 8.18. The molecule has 0 radical (unpaired) electrons. The second kappa shape index (κ2) is 9.92. The van der Waals surface area contributed by atoms with Crippen LogP contribution in [0.15, 0.2) is 12.1 Å².